The number of para-hydroxylation sites is 2. The molecular weight excluding hydrogens is 196 g/mol. The van der Waals surface area contributed by atoms with Gasteiger partial charge in [0.1, 0.15) is 5.82 Å². The van der Waals surface area contributed by atoms with E-state index < -0.39 is 0 Å². The van der Waals surface area contributed by atoms with Crippen molar-refractivity contribution in [2.24, 2.45) is 0 Å². The zero-order valence-electron chi connectivity index (χ0n) is 9.30. The molecule has 1 aromatic heterocycles. The van der Waals surface area contributed by atoms with Crippen molar-refractivity contribution in [3.8, 4) is 0 Å². The molecular formula is C14H14N2. The third kappa shape index (κ3) is 1.30. The van der Waals surface area contributed by atoms with Crippen LogP contribution in [0.2, 0.25) is 0 Å². The fourth-order valence-corrected chi connectivity index (χ4v) is 2.27. The van der Waals surface area contributed by atoms with E-state index in [1.807, 2.05) is 6.07 Å². The predicted molar refractivity (Wildman–Crippen MR) is 66.4 cm³/mol. The molecule has 3 rings (SSSR count). The van der Waals surface area contributed by atoms with Crippen LogP contribution in [0.4, 0.5) is 0 Å². The zero-order valence-corrected chi connectivity index (χ0v) is 9.30. The highest BCUT2D eigenvalue weighted by molar-refractivity contribution is 5.76. The van der Waals surface area contributed by atoms with Crippen LogP contribution >= 0.6 is 0 Å². The number of fused-ring (bicyclic) bond motifs is 1. The third-order valence-corrected chi connectivity index (χ3v) is 3.01. The topological polar surface area (TPSA) is 17.8 Å². The van der Waals surface area contributed by atoms with Crippen molar-refractivity contribution in [3.63, 3.8) is 0 Å². The van der Waals surface area contributed by atoms with E-state index in [9.17, 15) is 0 Å². The van der Waals surface area contributed by atoms with Gasteiger partial charge in [-0.1, -0.05) is 43.4 Å². The second kappa shape index (κ2) is 3.63. The van der Waals surface area contributed by atoms with Gasteiger partial charge in [0.25, 0.3) is 0 Å². The maximum atomic E-state index is 4.67. The third-order valence-electron chi connectivity index (χ3n) is 3.01. The highest BCUT2D eigenvalue weighted by Gasteiger charge is 2.14. The molecule has 0 N–H and O–H groups in total. The Morgan fingerprint density at radius 3 is 2.69 bits per heavy atom. The lowest BCUT2D eigenvalue weighted by Gasteiger charge is -2.12. The van der Waals surface area contributed by atoms with E-state index in [0.717, 1.165) is 17.8 Å². The van der Waals surface area contributed by atoms with Gasteiger partial charge in [-0.3, -0.25) is 0 Å². The fraction of sp³-hybridized carbons (Fsp3) is 0.214. The number of hydrogen-bond acceptors (Lipinski definition) is 1. The van der Waals surface area contributed by atoms with Gasteiger partial charge in [-0.15, -0.1) is 0 Å². The molecule has 16 heavy (non-hydrogen) atoms. The van der Waals surface area contributed by atoms with Gasteiger partial charge < -0.3 is 4.57 Å². The first-order valence-electron chi connectivity index (χ1n) is 5.71. The summed E-state index contributed by atoms with van der Waals surface area (Å²) in [4.78, 5) is 4.67. The molecule has 0 atom stereocenters. The summed E-state index contributed by atoms with van der Waals surface area (Å²) in [5.41, 5.74) is 2.31. The number of allylic oxidation sites excluding steroid dienone is 4. The van der Waals surface area contributed by atoms with Crippen molar-refractivity contribution in [2.75, 3.05) is 0 Å². The zero-order chi connectivity index (χ0) is 11.0. The Kier molecular flexibility index (Phi) is 2.13. The van der Waals surface area contributed by atoms with Gasteiger partial charge >= 0.3 is 0 Å². The quantitative estimate of drug-likeness (QED) is 0.744. The first kappa shape index (κ1) is 9.40. The van der Waals surface area contributed by atoms with E-state index in [1.54, 1.807) is 0 Å². The fourth-order valence-electron chi connectivity index (χ4n) is 2.27. The Hall–Kier alpha value is -1.83. The first-order valence-corrected chi connectivity index (χ1v) is 5.71. The molecule has 1 aliphatic rings. The Morgan fingerprint density at radius 2 is 1.94 bits per heavy atom. The number of aromatic nitrogens is 2. The highest BCUT2D eigenvalue weighted by atomic mass is 15.1. The van der Waals surface area contributed by atoms with Crippen LogP contribution < -0.4 is 0 Å². The molecule has 0 spiro atoms. The molecule has 0 saturated heterocycles. The lowest BCUT2D eigenvalue weighted by molar-refractivity contribution is 0.699. The summed E-state index contributed by atoms with van der Waals surface area (Å²) >= 11 is 0. The summed E-state index contributed by atoms with van der Waals surface area (Å²) in [5.74, 6) is 1.16. The average molecular weight is 210 g/mol. The van der Waals surface area contributed by atoms with Gasteiger partial charge in [0, 0.05) is 6.42 Å². The largest absolute Gasteiger partial charge is 0.317 e. The molecule has 0 aliphatic heterocycles. The number of aryl methyl sites for hydroxylation is 1. The average Bonchev–Trinajstić information content (AvgIpc) is 2.94. The molecule has 1 aromatic carbocycles. The molecule has 0 amide bonds. The van der Waals surface area contributed by atoms with Crippen LogP contribution in [-0.4, -0.2) is 9.55 Å². The van der Waals surface area contributed by atoms with Crippen molar-refractivity contribution in [1.82, 2.24) is 9.55 Å². The molecule has 1 aliphatic carbocycles. The van der Waals surface area contributed by atoms with Gasteiger partial charge in [0.05, 0.1) is 17.1 Å². The monoisotopic (exact) mass is 210 g/mol. The van der Waals surface area contributed by atoms with Gasteiger partial charge in [-0.05, 0) is 12.1 Å². The Balaban J connectivity index is 2.27. The lowest BCUT2D eigenvalue weighted by Crippen LogP contribution is -2.06. The van der Waals surface area contributed by atoms with Gasteiger partial charge in [0.2, 0.25) is 0 Å². The highest BCUT2D eigenvalue weighted by Crippen LogP contribution is 2.25. The molecule has 0 radical (unpaired) electrons. The number of rotatable bonds is 2. The summed E-state index contributed by atoms with van der Waals surface area (Å²) in [6, 6.07) is 8.67. The second-order valence-electron chi connectivity index (χ2n) is 4.00. The minimum Gasteiger partial charge on any atom is -0.317 e. The number of imidazole rings is 1. The Labute approximate surface area is 94.9 Å². The van der Waals surface area contributed by atoms with E-state index in [0.29, 0.717) is 6.04 Å². The van der Waals surface area contributed by atoms with E-state index in [4.69, 9.17) is 0 Å². The van der Waals surface area contributed by atoms with Crippen molar-refractivity contribution in [2.45, 2.75) is 19.4 Å². The number of nitrogens with zero attached hydrogens (tertiary/aromatic N) is 2. The van der Waals surface area contributed by atoms with E-state index in [-0.39, 0.29) is 0 Å². The van der Waals surface area contributed by atoms with Crippen molar-refractivity contribution < 1.29 is 0 Å². The Bertz CT molecular complexity index is 563. The molecule has 2 aromatic rings. The molecule has 2 nitrogen and oxygen atoms in total. The molecule has 0 bridgehead atoms. The summed E-state index contributed by atoms with van der Waals surface area (Å²) < 4.78 is 2.31. The molecule has 0 fully saturated rings. The van der Waals surface area contributed by atoms with Crippen LogP contribution in [0.15, 0.2) is 48.6 Å². The Morgan fingerprint density at radius 1 is 1.19 bits per heavy atom. The first-order chi connectivity index (χ1) is 7.90. The second-order valence-corrected chi connectivity index (χ2v) is 4.00. The van der Waals surface area contributed by atoms with Crippen LogP contribution in [0.5, 0.6) is 0 Å². The maximum absolute atomic E-state index is 4.67. The maximum Gasteiger partial charge on any atom is 0.110 e. The predicted octanol–water partition coefficient (Wildman–Crippen LogP) is 3.27. The van der Waals surface area contributed by atoms with Crippen molar-refractivity contribution >= 4 is 11.0 Å². The number of benzene rings is 1. The summed E-state index contributed by atoms with van der Waals surface area (Å²) in [5, 5.41) is 0. The van der Waals surface area contributed by atoms with Crippen molar-refractivity contribution in [3.05, 3.63) is 54.4 Å². The number of hydrogen-bond donors (Lipinski definition) is 0. The summed E-state index contributed by atoms with van der Waals surface area (Å²) in [6.45, 7) is 2.15. The lowest BCUT2D eigenvalue weighted by atomic mass is 10.2. The van der Waals surface area contributed by atoms with Crippen LogP contribution in [0.25, 0.3) is 11.0 Å². The molecule has 80 valence electrons. The van der Waals surface area contributed by atoms with Gasteiger partial charge in [-0.25, -0.2) is 4.98 Å². The molecule has 2 heteroatoms. The standard InChI is InChI=1S/C14H14N2/c1-2-14-15-12-9-5-6-10-13(12)16(14)11-7-3-4-8-11/h3-11H,2H2,1H3. The summed E-state index contributed by atoms with van der Waals surface area (Å²) in [7, 11) is 0. The minimum absolute atomic E-state index is 0.336. The van der Waals surface area contributed by atoms with E-state index in [1.165, 1.54) is 5.52 Å². The van der Waals surface area contributed by atoms with Crippen molar-refractivity contribution in [1.29, 1.82) is 0 Å². The van der Waals surface area contributed by atoms with Gasteiger partial charge in [-0.2, -0.15) is 0 Å². The minimum atomic E-state index is 0.336. The smallest absolute Gasteiger partial charge is 0.110 e. The van der Waals surface area contributed by atoms with Crippen LogP contribution in [0.1, 0.15) is 18.8 Å². The normalized spacial score (nSPS) is 15.3. The van der Waals surface area contributed by atoms with Crippen LogP contribution in [0, 0.1) is 0 Å². The molecule has 0 saturated carbocycles. The van der Waals surface area contributed by atoms with Crippen LogP contribution in [-0.2, 0) is 6.42 Å². The van der Waals surface area contributed by atoms with Crippen LogP contribution in [0.3, 0.4) is 0 Å². The van der Waals surface area contributed by atoms with Gasteiger partial charge in [0.15, 0.2) is 0 Å². The van der Waals surface area contributed by atoms with E-state index in [2.05, 4.69) is 59.0 Å². The molecule has 0 unspecified atom stereocenters. The summed E-state index contributed by atoms with van der Waals surface area (Å²) in [6.07, 6.45) is 9.56. The van der Waals surface area contributed by atoms with E-state index >= 15 is 0 Å². The molecule has 1 heterocycles. The SMILES string of the molecule is CCc1nc2ccccc2n1C1C=CC=C1.